The summed E-state index contributed by atoms with van der Waals surface area (Å²) in [5.41, 5.74) is 2.67. The van der Waals surface area contributed by atoms with E-state index in [2.05, 4.69) is 15.1 Å². The number of nitrogens with zero attached hydrogens (tertiary/aromatic N) is 2. The molecular weight excluding hydrogens is 448 g/mol. The zero-order valence-corrected chi connectivity index (χ0v) is 18.6. The number of carbonyl (C=O) groups excluding carboxylic acids is 1. The standard InChI is InChI=1S/C23H19ClN4O3S/c1-16-7-10-19(13-22(16)27-32(30,31)21-5-3-2-4-6-21)26-23(29)17-14-25-28(15-17)20-11-8-18(24)9-12-20/h2-15,27H,1H3,(H,26,29). The van der Waals surface area contributed by atoms with Gasteiger partial charge in [-0.15, -0.1) is 0 Å². The Morgan fingerprint density at radius 3 is 2.44 bits per heavy atom. The first-order chi connectivity index (χ1) is 15.3. The van der Waals surface area contributed by atoms with Crippen LogP contribution >= 0.6 is 11.6 Å². The Bertz CT molecular complexity index is 1370. The molecule has 0 radical (unpaired) electrons. The lowest BCUT2D eigenvalue weighted by atomic mass is 10.2. The van der Waals surface area contributed by atoms with E-state index >= 15 is 0 Å². The zero-order chi connectivity index (χ0) is 22.7. The Morgan fingerprint density at radius 1 is 1.00 bits per heavy atom. The third-order valence-corrected chi connectivity index (χ3v) is 6.36. The summed E-state index contributed by atoms with van der Waals surface area (Å²) in [6.07, 6.45) is 3.06. The quantitative estimate of drug-likeness (QED) is 0.423. The molecule has 1 aromatic heterocycles. The molecule has 2 N–H and O–H groups in total. The molecule has 1 heterocycles. The second-order valence-corrected chi connectivity index (χ2v) is 9.17. The number of sulfonamides is 1. The molecule has 0 unspecified atom stereocenters. The van der Waals surface area contributed by atoms with E-state index in [1.54, 1.807) is 78.5 Å². The summed E-state index contributed by atoms with van der Waals surface area (Å²) < 4.78 is 29.4. The van der Waals surface area contributed by atoms with Crippen LogP contribution < -0.4 is 10.0 Å². The molecule has 32 heavy (non-hydrogen) atoms. The maximum absolute atomic E-state index is 12.7. The van der Waals surface area contributed by atoms with Crippen LogP contribution in [-0.2, 0) is 10.0 Å². The van der Waals surface area contributed by atoms with E-state index < -0.39 is 10.0 Å². The molecule has 0 fully saturated rings. The molecular formula is C23H19ClN4O3S. The highest BCUT2D eigenvalue weighted by molar-refractivity contribution is 7.92. The summed E-state index contributed by atoms with van der Waals surface area (Å²) in [7, 11) is -3.75. The highest BCUT2D eigenvalue weighted by Crippen LogP contribution is 2.24. The van der Waals surface area contributed by atoms with Crippen LogP contribution in [0.5, 0.6) is 0 Å². The molecule has 0 aliphatic rings. The number of hydrogen-bond donors (Lipinski definition) is 2. The smallest absolute Gasteiger partial charge is 0.261 e. The van der Waals surface area contributed by atoms with Crippen molar-refractivity contribution in [1.29, 1.82) is 0 Å². The number of amides is 1. The van der Waals surface area contributed by atoms with Crippen LogP contribution in [0.3, 0.4) is 0 Å². The van der Waals surface area contributed by atoms with Crippen molar-refractivity contribution in [3.8, 4) is 5.69 Å². The summed E-state index contributed by atoms with van der Waals surface area (Å²) in [5.74, 6) is -0.370. The summed E-state index contributed by atoms with van der Waals surface area (Å²) in [5, 5.41) is 7.60. The molecule has 0 saturated heterocycles. The fourth-order valence-corrected chi connectivity index (χ4v) is 4.26. The van der Waals surface area contributed by atoms with Crippen molar-refractivity contribution in [2.75, 3.05) is 10.0 Å². The van der Waals surface area contributed by atoms with Crippen LogP contribution in [0.2, 0.25) is 5.02 Å². The van der Waals surface area contributed by atoms with Crippen molar-refractivity contribution < 1.29 is 13.2 Å². The number of aryl methyl sites for hydroxylation is 1. The number of aromatic nitrogens is 2. The number of hydrogen-bond acceptors (Lipinski definition) is 4. The lowest BCUT2D eigenvalue weighted by molar-refractivity contribution is 0.102. The second kappa shape index (κ2) is 8.86. The number of nitrogens with one attached hydrogen (secondary N) is 2. The summed E-state index contributed by atoms with van der Waals surface area (Å²) in [6.45, 7) is 1.78. The van der Waals surface area contributed by atoms with Gasteiger partial charge in [0.1, 0.15) is 0 Å². The maximum atomic E-state index is 12.7. The number of carbonyl (C=O) groups is 1. The minimum absolute atomic E-state index is 0.156. The third kappa shape index (κ3) is 4.82. The van der Waals surface area contributed by atoms with E-state index in [-0.39, 0.29) is 10.8 Å². The van der Waals surface area contributed by atoms with Gasteiger partial charge < -0.3 is 5.32 Å². The first kappa shape index (κ1) is 21.6. The van der Waals surface area contributed by atoms with Crippen LogP contribution in [0, 0.1) is 6.92 Å². The van der Waals surface area contributed by atoms with Gasteiger partial charge in [0, 0.05) is 16.9 Å². The van der Waals surface area contributed by atoms with Gasteiger partial charge >= 0.3 is 0 Å². The maximum Gasteiger partial charge on any atom is 0.261 e. The Kier molecular flexibility index (Phi) is 5.98. The Labute approximate surface area is 190 Å². The molecule has 0 aliphatic carbocycles. The van der Waals surface area contributed by atoms with Crippen LogP contribution in [0.4, 0.5) is 11.4 Å². The van der Waals surface area contributed by atoms with Gasteiger partial charge in [-0.25, -0.2) is 13.1 Å². The van der Waals surface area contributed by atoms with Gasteiger partial charge in [-0.2, -0.15) is 5.10 Å². The highest BCUT2D eigenvalue weighted by atomic mass is 35.5. The first-order valence-corrected chi connectivity index (χ1v) is 11.5. The molecule has 0 aliphatic heterocycles. The molecule has 162 valence electrons. The van der Waals surface area contributed by atoms with Crippen LogP contribution in [0.15, 0.2) is 90.1 Å². The largest absolute Gasteiger partial charge is 0.322 e. The minimum Gasteiger partial charge on any atom is -0.322 e. The number of benzene rings is 3. The second-order valence-electron chi connectivity index (χ2n) is 7.05. The van der Waals surface area contributed by atoms with E-state index in [0.717, 1.165) is 11.3 Å². The van der Waals surface area contributed by atoms with E-state index in [4.69, 9.17) is 11.6 Å². The fourth-order valence-electron chi connectivity index (χ4n) is 2.99. The summed E-state index contributed by atoms with van der Waals surface area (Å²) in [4.78, 5) is 12.8. The van der Waals surface area contributed by atoms with Gasteiger partial charge in [0.15, 0.2) is 0 Å². The van der Waals surface area contributed by atoms with E-state index in [1.165, 1.54) is 18.3 Å². The highest BCUT2D eigenvalue weighted by Gasteiger charge is 2.16. The Morgan fingerprint density at radius 2 is 1.72 bits per heavy atom. The number of rotatable bonds is 6. The third-order valence-electron chi connectivity index (χ3n) is 4.73. The molecule has 1 amide bonds. The Balaban J connectivity index is 1.52. The minimum atomic E-state index is -3.75. The fraction of sp³-hybridized carbons (Fsp3) is 0.0435. The SMILES string of the molecule is Cc1ccc(NC(=O)c2cnn(-c3ccc(Cl)cc3)c2)cc1NS(=O)(=O)c1ccccc1. The van der Waals surface area contributed by atoms with Gasteiger partial charge in [-0.3, -0.25) is 9.52 Å². The van der Waals surface area contributed by atoms with Gasteiger partial charge in [0.2, 0.25) is 0 Å². The molecule has 4 rings (SSSR count). The summed E-state index contributed by atoms with van der Waals surface area (Å²) >= 11 is 5.91. The zero-order valence-electron chi connectivity index (χ0n) is 17.0. The van der Waals surface area contributed by atoms with Crippen molar-refractivity contribution in [3.05, 3.63) is 101 Å². The van der Waals surface area contributed by atoms with Crippen molar-refractivity contribution in [3.63, 3.8) is 0 Å². The van der Waals surface area contributed by atoms with Gasteiger partial charge in [0.25, 0.3) is 15.9 Å². The van der Waals surface area contributed by atoms with E-state index in [9.17, 15) is 13.2 Å². The van der Waals surface area contributed by atoms with Crippen molar-refractivity contribution in [2.24, 2.45) is 0 Å². The topological polar surface area (TPSA) is 93.1 Å². The van der Waals surface area contributed by atoms with Crippen LogP contribution in [0.1, 0.15) is 15.9 Å². The average Bonchev–Trinajstić information content (AvgIpc) is 3.27. The molecule has 9 heteroatoms. The predicted octanol–water partition coefficient (Wildman–Crippen LogP) is 4.89. The molecule has 7 nitrogen and oxygen atoms in total. The van der Waals surface area contributed by atoms with Crippen LogP contribution in [-0.4, -0.2) is 24.1 Å². The molecule has 0 atom stereocenters. The van der Waals surface area contributed by atoms with Gasteiger partial charge in [-0.05, 0) is 61.0 Å². The average molecular weight is 467 g/mol. The molecule has 0 spiro atoms. The van der Waals surface area contributed by atoms with Crippen LogP contribution in [0.25, 0.3) is 5.69 Å². The number of anilines is 2. The van der Waals surface area contributed by atoms with E-state index in [1.807, 2.05) is 0 Å². The van der Waals surface area contributed by atoms with Gasteiger partial charge in [0.05, 0.1) is 28.0 Å². The van der Waals surface area contributed by atoms with Crippen molar-refractivity contribution in [1.82, 2.24) is 9.78 Å². The summed E-state index contributed by atoms with van der Waals surface area (Å²) in [6, 6.07) is 20.2. The monoisotopic (exact) mass is 466 g/mol. The normalized spacial score (nSPS) is 11.2. The van der Waals surface area contributed by atoms with Crippen molar-refractivity contribution in [2.45, 2.75) is 11.8 Å². The van der Waals surface area contributed by atoms with Crippen molar-refractivity contribution >= 4 is 38.9 Å². The van der Waals surface area contributed by atoms with E-state index in [0.29, 0.717) is 22.0 Å². The molecule has 3 aromatic carbocycles. The molecule has 4 aromatic rings. The Hall–Kier alpha value is -3.62. The van der Waals surface area contributed by atoms with Gasteiger partial charge in [-0.1, -0.05) is 35.9 Å². The lowest BCUT2D eigenvalue weighted by Gasteiger charge is -2.13. The molecule has 0 bridgehead atoms. The predicted molar refractivity (Wildman–Crippen MR) is 125 cm³/mol. The number of halogens is 1. The first-order valence-electron chi connectivity index (χ1n) is 9.62. The molecule has 0 saturated carbocycles. The lowest BCUT2D eigenvalue weighted by Crippen LogP contribution is -2.15.